The molecule has 0 radical (unpaired) electrons. The molecule has 0 aliphatic heterocycles. The van der Waals surface area contributed by atoms with Gasteiger partial charge in [0.1, 0.15) is 11.6 Å². The van der Waals surface area contributed by atoms with E-state index in [4.69, 9.17) is 9.72 Å². The predicted molar refractivity (Wildman–Crippen MR) is 127 cm³/mol. The van der Waals surface area contributed by atoms with Crippen LogP contribution in [0.4, 0.5) is 9.52 Å². The first-order valence-corrected chi connectivity index (χ1v) is 12.0. The smallest absolute Gasteiger partial charge is 0.228 e. The molecule has 0 aliphatic rings. The zero-order valence-corrected chi connectivity index (χ0v) is 19.2. The van der Waals surface area contributed by atoms with Crippen molar-refractivity contribution in [3.8, 4) is 5.75 Å². The summed E-state index contributed by atoms with van der Waals surface area (Å²) >= 11 is 3.10. The lowest BCUT2D eigenvalue weighted by Gasteiger charge is -2.20. The van der Waals surface area contributed by atoms with Crippen LogP contribution in [0.1, 0.15) is 12.8 Å². The third kappa shape index (κ3) is 5.66. The highest BCUT2D eigenvalue weighted by Crippen LogP contribution is 2.32. The van der Waals surface area contributed by atoms with E-state index in [2.05, 4.69) is 5.10 Å². The topological polar surface area (TPSA) is 60.2 Å². The molecule has 0 spiro atoms. The summed E-state index contributed by atoms with van der Waals surface area (Å²) in [5.41, 5.74) is 0.842. The van der Waals surface area contributed by atoms with Crippen LogP contribution in [0, 0.1) is 5.82 Å². The molecule has 166 valence electrons. The summed E-state index contributed by atoms with van der Waals surface area (Å²) in [4.78, 5) is 20.6. The van der Waals surface area contributed by atoms with Gasteiger partial charge >= 0.3 is 0 Å². The van der Waals surface area contributed by atoms with Crippen LogP contribution in [0.2, 0.25) is 0 Å². The van der Waals surface area contributed by atoms with Gasteiger partial charge in [-0.3, -0.25) is 14.4 Å². The third-order valence-corrected chi connectivity index (χ3v) is 6.98. The largest absolute Gasteiger partial charge is 0.497 e. The van der Waals surface area contributed by atoms with E-state index >= 15 is 0 Å². The first-order chi connectivity index (χ1) is 15.6. The van der Waals surface area contributed by atoms with Crippen molar-refractivity contribution < 1.29 is 13.9 Å². The van der Waals surface area contributed by atoms with Crippen molar-refractivity contribution in [3.63, 3.8) is 0 Å². The molecule has 0 atom stereocenters. The summed E-state index contributed by atoms with van der Waals surface area (Å²) in [5, 5.41) is 4.91. The van der Waals surface area contributed by atoms with Gasteiger partial charge in [-0.25, -0.2) is 9.37 Å². The number of anilines is 1. The number of aromatic nitrogens is 3. The second-order valence-corrected chi connectivity index (χ2v) is 9.23. The van der Waals surface area contributed by atoms with Crippen LogP contribution < -0.4 is 9.64 Å². The lowest BCUT2D eigenvalue weighted by molar-refractivity contribution is -0.118. The number of thioether (sulfide) groups is 1. The average molecular weight is 471 g/mol. The Morgan fingerprint density at radius 2 is 2.09 bits per heavy atom. The lowest BCUT2D eigenvalue weighted by Crippen LogP contribution is -2.34. The normalized spacial score (nSPS) is 11.1. The van der Waals surface area contributed by atoms with Crippen molar-refractivity contribution in [2.24, 2.45) is 0 Å². The summed E-state index contributed by atoms with van der Waals surface area (Å²) in [6.45, 7) is 1.07. The van der Waals surface area contributed by atoms with E-state index in [1.54, 1.807) is 46.8 Å². The van der Waals surface area contributed by atoms with Crippen LogP contribution in [-0.4, -0.2) is 40.1 Å². The Morgan fingerprint density at radius 1 is 1.25 bits per heavy atom. The molecule has 0 aliphatic carbocycles. The fourth-order valence-electron chi connectivity index (χ4n) is 3.18. The van der Waals surface area contributed by atoms with Crippen molar-refractivity contribution in [1.29, 1.82) is 0 Å². The van der Waals surface area contributed by atoms with Crippen LogP contribution >= 0.6 is 23.1 Å². The quantitative estimate of drug-likeness (QED) is 0.234. The fourth-order valence-corrected chi connectivity index (χ4v) is 5.07. The Hall–Kier alpha value is -2.91. The van der Waals surface area contributed by atoms with Gasteiger partial charge in [0.05, 0.1) is 23.9 Å². The molecule has 0 fully saturated rings. The maximum atomic E-state index is 13.1. The van der Waals surface area contributed by atoms with Gasteiger partial charge < -0.3 is 4.74 Å². The molecule has 0 unspecified atom stereocenters. The van der Waals surface area contributed by atoms with Crippen molar-refractivity contribution in [1.82, 2.24) is 14.8 Å². The summed E-state index contributed by atoms with van der Waals surface area (Å²) < 4.78 is 21.1. The first-order valence-electron chi connectivity index (χ1n) is 10.2. The number of carbonyl (C=O) groups is 1. The van der Waals surface area contributed by atoms with Crippen LogP contribution in [0.25, 0.3) is 10.2 Å². The minimum Gasteiger partial charge on any atom is -0.497 e. The number of fused-ring (bicyclic) bond motifs is 1. The molecule has 2 heterocycles. The van der Waals surface area contributed by atoms with E-state index in [1.165, 1.54) is 23.5 Å². The number of halogens is 1. The van der Waals surface area contributed by atoms with E-state index in [-0.39, 0.29) is 11.7 Å². The van der Waals surface area contributed by atoms with Gasteiger partial charge in [0.15, 0.2) is 5.13 Å². The Morgan fingerprint density at radius 3 is 2.84 bits per heavy atom. The molecule has 0 saturated carbocycles. The fraction of sp³-hybridized carbons (Fsp3) is 0.261. The van der Waals surface area contributed by atoms with Crippen molar-refractivity contribution in [2.45, 2.75) is 24.3 Å². The highest BCUT2D eigenvalue weighted by Gasteiger charge is 2.20. The van der Waals surface area contributed by atoms with E-state index in [1.807, 2.05) is 30.5 Å². The molecular formula is C23H23FN4O2S2. The molecular weight excluding hydrogens is 447 g/mol. The Labute approximate surface area is 194 Å². The van der Waals surface area contributed by atoms with Crippen molar-refractivity contribution >= 4 is 44.4 Å². The number of nitrogens with zero attached hydrogens (tertiary/aromatic N) is 4. The molecule has 9 heteroatoms. The molecule has 6 nitrogen and oxygen atoms in total. The summed E-state index contributed by atoms with van der Waals surface area (Å²) in [5.74, 6) is 1.33. The first kappa shape index (κ1) is 22.3. The number of hydrogen-bond acceptors (Lipinski definition) is 6. The minimum atomic E-state index is -0.245. The van der Waals surface area contributed by atoms with E-state index < -0.39 is 0 Å². The van der Waals surface area contributed by atoms with Crippen molar-refractivity contribution in [3.05, 3.63) is 66.7 Å². The van der Waals surface area contributed by atoms with Crippen molar-refractivity contribution in [2.75, 3.05) is 24.3 Å². The zero-order chi connectivity index (χ0) is 22.3. The molecule has 1 amide bonds. The monoisotopic (exact) mass is 470 g/mol. The van der Waals surface area contributed by atoms with Crippen LogP contribution in [-0.2, 0) is 11.3 Å². The molecule has 32 heavy (non-hydrogen) atoms. The van der Waals surface area contributed by atoms with E-state index in [9.17, 15) is 9.18 Å². The maximum absolute atomic E-state index is 13.1. The molecule has 2 aromatic heterocycles. The number of ether oxygens (including phenoxy) is 1. The van der Waals surface area contributed by atoms with Gasteiger partial charge in [0.25, 0.3) is 0 Å². The van der Waals surface area contributed by atoms with Gasteiger partial charge in [-0.2, -0.15) is 5.10 Å². The SMILES string of the molecule is COc1ccc2nc(N(CCn3cccn3)C(=O)CCCSc3ccc(F)cc3)sc2c1. The average Bonchev–Trinajstić information content (AvgIpc) is 3.47. The molecule has 4 rings (SSSR count). The number of methoxy groups -OCH3 is 1. The Kier molecular flexibility index (Phi) is 7.39. The molecule has 0 bridgehead atoms. The van der Waals surface area contributed by atoms with Gasteiger partial charge in [-0.1, -0.05) is 11.3 Å². The number of rotatable bonds is 10. The molecule has 4 aromatic rings. The number of hydrogen-bond donors (Lipinski definition) is 0. The van der Waals surface area contributed by atoms with Crippen LogP contribution in [0.5, 0.6) is 5.75 Å². The molecule has 0 saturated heterocycles. The second-order valence-electron chi connectivity index (χ2n) is 7.05. The Bertz CT molecular complexity index is 1160. The van der Waals surface area contributed by atoms with E-state index in [0.29, 0.717) is 24.6 Å². The summed E-state index contributed by atoms with van der Waals surface area (Å²) in [7, 11) is 1.63. The van der Waals surface area contributed by atoms with Crippen LogP contribution in [0.15, 0.2) is 65.8 Å². The van der Waals surface area contributed by atoms with Gasteiger partial charge in [-0.15, -0.1) is 11.8 Å². The molecule has 2 aromatic carbocycles. The van der Waals surface area contributed by atoms with E-state index in [0.717, 1.165) is 33.0 Å². The second kappa shape index (κ2) is 10.6. The number of thiazole rings is 1. The Balaban J connectivity index is 1.43. The number of amides is 1. The summed E-state index contributed by atoms with van der Waals surface area (Å²) in [6.07, 6.45) is 4.73. The zero-order valence-electron chi connectivity index (χ0n) is 17.6. The maximum Gasteiger partial charge on any atom is 0.228 e. The highest BCUT2D eigenvalue weighted by atomic mass is 32.2. The summed E-state index contributed by atoms with van der Waals surface area (Å²) in [6, 6.07) is 14.0. The lowest BCUT2D eigenvalue weighted by atomic mass is 10.3. The van der Waals surface area contributed by atoms with Gasteiger partial charge in [0, 0.05) is 30.3 Å². The third-order valence-electron chi connectivity index (χ3n) is 4.85. The van der Waals surface area contributed by atoms with Gasteiger partial charge in [-0.05, 0) is 60.7 Å². The highest BCUT2D eigenvalue weighted by molar-refractivity contribution is 7.99. The number of benzene rings is 2. The predicted octanol–water partition coefficient (Wildman–Crippen LogP) is 5.25. The van der Waals surface area contributed by atoms with Crippen LogP contribution in [0.3, 0.4) is 0 Å². The molecule has 0 N–H and O–H groups in total. The standard InChI is InChI=1S/C23H23FN4O2S2/c1-30-18-7-10-20-21(16-18)32-23(26-20)28(14-13-27-12-3-11-25-27)22(29)4-2-15-31-19-8-5-17(24)6-9-19/h3,5-12,16H,2,4,13-15H2,1H3. The van der Waals surface area contributed by atoms with Gasteiger partial charge in [0.2, 0.25) is 5.91 Å². The minimum absolute atomic E-state index is 0.0304. The number of carbonyl (C=O) groups excluding carboxylic acids is 1.